The Bertz CT molecular complexity index is 524. The van der Waals surface area contributed by atoms with E-state index in [1.54, 1.807) is 24.3 Å². The molecular formula is C13H13NO5. The van der Waals surface area contributed by atoms with E-state index in [1.807, 2.05) is 0 Å². The fourth-order valence-corrected chi connectivity index (χ4v) is 2.19. The minimum absolute atomic E-state index is 0.415. The first kappa shape index (κ1) is 13.1. The van der Waals surface area contributed by atoms with Crippen molar-refractivity contribution in [1.29, 1.82) is 0 Å². The van der Waals surface area contributed by atoms with E-state index in [-0.39, 0.29) is 0 Å². The third kappa shape index (κ3) is 2.16. The maximum Gasteiger partial charge on any atom is 0.321 e. The normalized spacial score (nSPS) is 16.8. The third-order valence-electron chi connectivity index (χ3n) is 3.08. The number of rotatable bonds is 3. The number of carbonyl (C=O) groups is 3. The lowest BCUT2D eigenvalue weighted by Crippen LogP contribution is -2.35. The van der Waals surface area contributed by atoms with Gasteiger partial charge in [-0.15, -0.1) is 0 Å². The van der Waals surface area contributed by atoms with Crippen molar-refractivity contribution in [2.24, 2.45) is 5.92 Å². The molecule has 1 atom stereocenters. The standard InChI is InChI=1S/C13H13NO5/c1-18-12(16)10(13(17)19-2)9-7-5-3-4-6-8(7)14-11(9)15/h3-6,9-10H,1-2H3,(H,14,15). The molecule has 6 nitrogen and oxygen atoms in total. The van der Waals surface area contributed by atoms with Gasteiger partial charge in [0.2, 0.25) is 5.91 Å². The number of fused-ring (bicyclic) bond motifs is 1. The Kier molecular flexibility index (Phi) is 3.50. The molecule has 1 aromatic rings. The lowest BCUT2D eigenvalue weighted by molar-refractivity contribution is -0.161. The molecule has 0 saturated carbocycles. The quantitative estimate of drug-likeness (QED) is 0.640. The van der Waals surface area contributed by atoms with E-state index in [0.717, 1.165) is 14.2 Å². The highest BCUT2D eigenvalue weighted by atomic mass is 16.5. The van der Waals surface area contributed by atoms with Crippen LogP contribution in [0.5, 0.6) is 0 Å². The first-order valence-corrected chi connectivity index (χ1v) is 5.65. The van der Waals surface area contributed by atoms with Gasteiger partial charge < -0.3 is 14.8 Å². The van der Waals surface area contributed by atoms with Crippen molar-refractivity contribution < 1.29 is 23.9 Å². The van der Waals surface area contributed by atoms with Gasteiger partial charge in [-0.3, -0.25) is 14.4 Å². The maximum atomic E-state index is 12.0. The number of anilines is 1. The molecule has 0 fully saturated rings. The predicted octanol–water partition coefficient (Wildman–Crippen LogP) is 0.684. The van der Waals surface area contributed by atoms with E-state index >= 15 is 0 Å². The van der Waals surface area contributed by atoms with Gasteiger partial charge in [0.05, 0.1) is 20.1 Å². The van der Waals surface area contributed by atoms with Crippen LogP contribution in [0, 0.1) is 5.92 Å². The molecule has 0 radical (unpaired) electrons. The number of methoxy groups -OCH3 is 2. The van der Waals surface area contributed by atoms with Crippen LogP contribution in [0.25, 0.3) is 0 Å². The third-order valence-corrected chi connectivity index (χ3v) is 3.08. The summed E-state index contributed by atoms with van der Waals surface area (Å²) in [5.74, 6) is -4.20. The molecule has 1 unspecified atom stereocenters. The topological polar surface area (TPSA) is 81.7 Å². The smallest absolute Gasteiger partial charge is 0.321 e. The van der Waals surface area contributed by atoms with E-state index in [1.165, 1.54) is 0 Å². The second-order valence-corrected chi connectivity index (χ2v) is 4.08. The van der Waals surface area contributed by atoms with Crippen LogP contribution in [0.1, 0.15) is 11.5 Å². The summed E-state index contributed by atoms with van der Waals surface area (Å²) in [6, 6.07) is 6.89. The van der Waals surface area contributed by atoms with Crippen LogP contribution in [0.2, 0.25) is 0 Å². The molecule has 0 spiro atoms. The Labute approximate surface area is 109 Å². The molecule has 2 rings (SSSR count). The highest BCUT2D eigenvalue weighted by Crippen LogP contribution is 2.38. The van der Waals surface area contributed by atoms with Crippen LogP contribution in [0.4, 0.5) is 5.69 Å². The monoisotopic (exact) mass is 263 g/mol. The highest BCUT2D eigenvalue weighted by molar-refractivity contribution is 6.10. The summed E-state index contributed by atoms with van der Waals surface area (Å²) in [5.41, 5.74) is 1.18. The van der Waals surface area contributed by atoms with E-state index in [2.05, 4.69) is 14.8 Å². The predicted molar refractivity (Wildman–Crippen MR) is 65.3 cm³/mol. The second kappa shape index (κ2) is 5.09. The van der Waals surface area contributed by atoms with Crippen LogP contribution in [-0.4, -0.2) is 32.1 Å². The molecule has 1 aromatic carbocycles. The minimum Gasteiger partial charge on any atom is -0.468 e. The Hall–Kier alpha value is -2.37. The minimum atomic E-state index is -1.29. The first-order valence-electron chi connectivity index (χ1n) is 5.65. The average Bonchev–Trinajstić information content (AvgIpc) is 2.75. The first-order chi connectivity index (χ1) is 9.10. The summed E-state index contributed by atoms with van der Waals surface area (Å²) in [7, 11) is 2.33. The molecule has 1 amide bonds. The Morgan fingerprint density at radius 2 is 1.74 bits per heavy atom. The van der Waals surface area contributed by atoms with Gasteiger partial charge in [-0.25, -0.2) is 0 Å². The molecule has 0 aliphatic carbocycles. The zero-order chi connectivity index (χ0) is 14.0. The molecule has 1 aliphatic heterocycles. The Morgan fingerprint density at radius 1 is 1.16 bits per heavy atom. The van der Waals surface area contributed by atoms with Crippen molar-refractivity contribution in [1.82, 2.24) is 0 Å². The molecule has 1 heterocycles. The van der Waals surface area contributed by atoms with E-state index in [0.29, 0.717) is 11.3 Å². The molecule has 0 bridgehead atoms. The summed E-state index contributed by atoms with van der Waals surface area (Å²) in [5, 5.41) is 2.63. The van der Waals surface area contributed by atoms with Crippen molar-refractivity contribution in [2.45, 2.75) is 5.92 Å². The lowest BCUT2D eigenvalue weighted by atomic mass is 9.87. The zero-order valence-electron chi connectivity index (χ0n) is 10.5. The number of esters is 2. The van der Waals surface area contributed by atoms with Gasteiger partial charge in [-0.2, -0.15) is 0 Å². The largest absolute Gasteiger partial charge is 0.468 e. The van der Waals surface area contributed by atoms with Crippen molar-refractivity contribution >= 4 is 23.5 Å². The highest BCUT2D eigenvalue weighted by Gasteiger charge is 2.46. The molecule has 0 aromatic heterocycles. The Balaban J connectivity index is 2.45. The number of carbonyl (C=O) groups excluding carboxylic acids is 3. The van der Waals surface area contributed by atoms with Crippen LogP contribution in [0.15, 0.2) is 24.3 Å². The van der Waals surface area contributed by atoms with Gasteiger partial charge in [-0.05, 0) is 11.6 Å². The van der Waals surface area contributed by atoms with E-state index < -0.39 is 29.7 Å². The lowest BCUT2D eigenvalue weighted by Gasteiger charge is -2.17. The number of para-hydroxylation sites is 1. The van der Waals surface area contributed by atoms with Gasteiger partial charge >= 0.3 is 11.9 Å². The Morgan fingerprint density at radius 3 is 2.32 bits per heavy atom. The number of nitrogens with one attached hydrogen (secondary N) is 1. The number of hydrogen-bond acceptors (Lipinski definition) is 5. The second-order valence-electron chi connectivity index (χ2n) is 4.08. The van der Waals surface area contributed by atoms with Crippen molar-refractivity contribution in [3.05, 3.63) is 29.8 Å². The van der Waals surface area contributed by atoms with Gasteiger partial charge in [0.15, 0.2) is 5.92 Å². The molecule has 100 valence electrons. The molecule has 1 aliphatic rings. The van der Waals surface area contributed by atoms with Crippen LogP contribution < -0.4 is 5.32 Å². The number of ether oxygens (including phenoxy) is 2. The molecular weight excluding hydrogens is 250 g/mol. The molecule has 19 heavy (non-hydrogen) atoms. The van der Waals surface area contributed by atoms with Gasteiger partial charge in [0.25, 0.3) is 0 Å². The molecule has 1 N–H and O–H groups in total. The van der Waals surface area contributed by atoms with E-state index in [9.17, 15) is 14.4 Å². The van der Waals surface area contributed by atoms with Crippen LogP contribution in [-0.2, 0) is 23.9 Å². The number of benzene rings is 1. The van der Waals surface area contributed by atoms with Crippen molar-refractivity contribution in [3.63, 3.8) is 0 Å². The SMILES string of the molecule is COC(=O)C(C(=O)OC)C1C(=O)Nc2ccccc21. The molecule has 0 saturated heterocycles. The van der Waals surface area contributed by atoms with Crippen LogP contribution in [0.3, 0.4) is 0 Å². The average molecular weight is 263 g/mol. The van der Waals surface area contributed by atoms with E-state index in [4.69, 9.17) is 0 Å². The molecule has 6 heteroatoms. The zero-order valence-corrected chi connectivity index (χ0v) is 10.5. The fourth-order valence-electron chi connectivity index (χ4n) is 2.19. The summed E-state index contributed by atoms with van der Waals surface area (Å²) in [6.07, 6.45) is 0. The fraction of sp³-hybridized carbons (Fsp3) is 0.308. The van der Waals surface area contributed by atoms with Crippen molar-refractivity contribution in [3.8, 4) is 0 Å². The van der Waals surface area contributed by atoms with Crippen LogP contribution >= 0.6 is 0 Å². The summed E-state index contributed by atoms with van der Waals surface area (Å²) in [4.78, 5) is 35.5. The number of amides is 1. The number of hydrogen-bond donors (Lipinski definition) is 1. The summed E-state index contributed by atoms with van der Waals surface area (Å²) < 4.78 is 9.18. The summed E-state index contributed by atoms with van der Waals surface area (Å²) in [6.45, 7) is 0. The summed E-state index contributed by atoms with van der Waals surface area (Å²) >= 11 is 0. The maximum absolute atomic E-state index is 12.0. The van der Waals surface area contributed by atoms with Gasteiger partial charge in [0, 0.05) is 5.69 Å². The van der Waals surface area contributed by atoms with Crippen molar-refractivity contribution in [2.75, 3.05) is 19.5 Å². The van der Waals surface area contributed by atoms with Gasteiger partial charge in [-0.1, -0.05) is 18.2 Å². The van der Waals surface area contributed by atoms with Gasteiger partial charge in [0.1, 0.15) is 0 Å².